The van der Waals surface area contributed by atoms with Gasteiger partial charge in [0.15, 0.2) is 0 Å². The van der Waals surface area contributed by atoms with Crippen LogP contribution in [-0.4, -0.2) is 6.71 Å². The number of rotatable bonds is 3. The van der Waals surface area contributed by atoms with E-state index in [4.69, 9.17) is 0 Å². The summed E-state index contributed by atoms with van der Waals surface area (Å²) in [5.41, 5.74) is 0. The third kappa shape index (κ3) is 3.61. The van der Waals surface area contributed by atoms with Gasteiger partial charge in [0, 0.05) is 0 Å². The van der Waals surface area contributed by atoms with E-state index in [0.717, 1.165) is 41.9 Å². The average molecular weight is 299 g/mol. The molecule has 0 N–H and O–H groups in total. The van der Waals surface area contributed by atoms with Crippen molar-refractivity contribution in [1.29, 1.82) is 0 Å². The molecule has 0 spiro atoms. The molecule has 0 saturated heterocycles. The van der Waals surface area contributed by atoms with Gasteiger partial charge < -0.3 is 0 Å². The second-order valence-electron chi connectivity index (χ2n) is 8.29. The zero-order valence-corrected chi connectivity index (χ0v) is 17.5. The number of hydrogen-bond acceptors (Lipinski definition) is 0. The second-order valence-corrected chi connectivity index (χ2v) is 8.29. The fraction of sp³-hybridized carbons (Fsp3) is 1.00. The van der Waals surface area contributed by atoms with Crippen molar-refractivity contribution in [1.82, 2.24) is 0 Å². The Balaban J connectivity index is 0.00000147. The zero-order chi connectivity index (χ0) is 13.4. The number of hydrogen-bond donors (Lipinski definition) is 0. The van der Waals surface area contributed by atoms with E-state index in [1.54, 1.807) is 19.3 Å². The maximum absolute atomic E-state index is 2.56. The van der Waals surface area contributed by atoms with Crippen molar-refractivity contribution in [3.8, 4) is 0 Å². The Bertz CT molecular complexity index is 258. The molecule has 0 unspecified atom stereocenters. The topological polar surface area (TPSA) is 0 Å². The van der Waals surface area contributed by atoms with Gasteiger partial charge in [-0.15, -0.1) is 6.71 Å². The minimum atomic E-state index is 0. The van der Waals surface area contributed by atoms with Gasteiger partial charge in [0.2, 0.25) is 0 Å². The van der Waals surface area contributed by atoms with Crippen LogP contribution in [0.1, 0.15) is 78.6 Å². The molecule has 3 fully saturated rings. The van der Waals surface area contributed by atoms with Crippen molar-refractivity contribution < 1.29 is 51.4 Å². The summed E-state index contributed by atoms with van der Waals surface area (Å²) < 4.78 is 0. The van der Waals surface area contributed by atoms with Gasteiger partial charge in [-0.2, -0.15) is 17.5 Å². The molecule has 3 aliphatic rings. The van der Waals surface area contributed by atoms with Crippen molar-refractivity contribution in [2.75, 3.05) is 0 Å². The minimum absolute atomic E-state index is 0. The maximum Gasteiger partial charge on any atom is 1.00 e. The van der Waals surface area contributed by atoms with Gasteiger partial charge in [-0.25, -0.2) is 0 Å². The second kappa shape index (κ2) is 8.00. The molecule has 0 amide bonds. The quantitative estimate of drug-likeness (QED) is 0.703. The van der Waals surface area contributed by atoms with Crippen LogP contribution < -0.4 is 51.4 Å². The molecular weight excluding hydrogens is 266 g/mol. The molecule has 0 aromatic carbocycles. The van der Waals surface area contributed by atoms with Crippen LogP contribution in [0.2, 0.25) is 17.5 Å². The summed E-state index contributed by atoms with van der Waals surface area (Å²) >= 11 is 0. The largest absolute Gasteiger partial charge is 1.00 e. The monoisotopic (exact) mass is 299 g/mol. The van der Waals surface area contributed by atoms with Crippen molar-refractivity contribution >= 4 is 6.71 Å². The zero-order valence-electron chi connectivity index (χ0n) is 14.4. The van der Waals surface area contributed by atoms with E-state index in [1.165, 1.54) is 38.5 Å². The molecule has 3 saturated carbocycles. The first-order valence-electron chi connectivity index (χ1n) is 9.18. The Morgan fingerprint density at radius 1 is 0.550 bits per heavy atom. The SMILES string of the molecule is C[C@H]1CCC[C@@H]1[B-]([C@H]1CCC[C@@H]1C)[C@H]1CCC[C@@H]1C.[K+]. The molecular formula is C18H33BK. The van der Waals surface area contributed by atoms with Crippen LogP contribution in [0.5, 0.6) is 0 Å². The normalized spacial score (nSPS) is 45.0. The van der Waals surface area contributed by atoms with Gasteiger partial charge in [-0.3, -0.25) is 0 Å². The Morgan fingerprint density at radius 2 is 0.850 bits per heavy atom. The molecule has 3 aliphatic carbocycles. The van der Waals surface area contributed by atoms with Crippen LogP contribution in [0.15, 0.2) is 0 Å². The molecule has 109 valence electrons. The standard InChI is InChI=1S/C18H33B.K/c1-13-7-4-10-16(13)19(17-11-5-8-14(17)2)18-12-6-9-15(18)3;/h13-18H,4-12H2,1-3H3;/q-1;+1/t13-,14-,15-,16-,17-,18-;/m0./s1. The van der Waals surface area contributed by atoms with Gasteiger partial charge in [0.25, 0.3) is 0 Å². The molecule has 0 aromatic heterocycles. The van der Waals surface area contributed by atoms with Crippen LogP contribution in [0.3, 0.4) is 0 Å². The van der Waals surface area contributed by atoms with E-state index < -0.39 is 0 Å². The summed E-state index contributed by atoms with van der Waals surface area (Å²) in [5, 5.41) is 0. The van der Waals surface area contributed by atoms with Gasteiger partial charge >= 0.3 is 51.4 Å². The molecule has 6 atom stereocenters. The molecule has 0 aromatic rings. The third-order valence-electron chi connectivity index (χ3n) is 7.27. The predicted molar refractivity (Wildman–Crippen MR) is 86.0 cm³/mol. The van der Waals surface area contributed by atoms with E-state index in [9.17, 15) is 0 Å². The molecule has 3 rings (SSSR count). The molecule has 0 bridgehead atoms. The molecule has 1 radical (unpaired) electrons. The Hall–Kier alpha value is 1.70. The molecule has 0 heterocycles. The summed E-state index contributed by atoms with van der Waals surface area (Å²) in [6.45, 7) is 8.77. The van der Waals surface area contributed by atoms with Crippen molar-refractivity contribution in [2.24, 2.45) is 17.8 Å². The van der Waals surface area contributed by atoms with Crippen LogP contribution in [0.4, 0.5) is 0 Å². The van der Waals surface area contributed by atoms with E-state index in [1.807, 2.05) is 0 Å². The van der Waals surface area contributed by atoms with Crippen molar-refractivity contribution in [3.63, 3.8) is 0 Å². The summed E-state index contributed by atoms with van der Waals surface area (Å²) in [7, 11) is 0. The van der Waals surface area contributed by atoms with Gasteiger partial charge in [-0.1, -0.05) is 96.3 Å². The summed E-state index contributed by atoms with van der Waals surface area (Å²) in [6, 6.07) is 0. The van der Waals surface area contributed by atoms with Crippen LogP contribution in [0.25, 0.3) is 0 Å². The summed E-state index contributed by atoms with van der Waals surface area (Å²) in [6.07, 6.45) is 13.8. The van der Waals surface area contributed by atoms with Gasteiger partial charge in [0.1, 0.15) is 0 Å². The van der Waals surface area contributed by atoms with Crippen molar-refractivity contribution in [3.05, 3.63) is 0 Å². The Morgan fingerprint density at radius 3 is 1.05 bits per heavy atom. The van der Waals surface area contributed by atoms with Crippen LogP contribution in [-0.2, 0) is 0 Å². The molecule has 0 nitrogen and oxygen atoms in total. The average Bonchev–Trinajstić information content (AvgIpc) is 3.07. The Kier molecular flexibility index (Phi) is 7.21. The first-order valence-corrected chi connectivity index (χ1v) is 9.18. The summed E-state index contributed by atoms with van der Waals surface area (Å²) in [5.74, 6) is 6.30. The van der Waals surface area contributed by atoms with Gasteiger partial charge in [-0.05, 0) is 0 Å². The Labute approximate surface area is 170 Å². The fourth-order valence-electron chi connectivity index (χ4n) is 6.19. The van der Waals surface area contributed by atoms with Crippen molar-refractivity contribution in [2.45, 2.75) is 96.0 Å². The minimum Gasteiger partial charge on any atom is -0.194 e. The van der Waals surface area contributed by atoms with Gasteiger partial charge in [0.05, 0.1) is 0 Å². The predicted octanol–water partition coefficient (Wildman–Crippen LogP) is 3.06. The first kappa shape index (κ1) is 18.0. The molecule has 2 heteroatoms. The van der Waals surface area contributed by atoms with Crippen LogP contribution >= 0.6 is 0 Å². The molecule has 20 heavy (non-hydrogen) atoms. The van der Waals surface area contributed by atoms with Crippen LogP contribution in [0, 0.1) is 17.8 Å². The smallest absolute Gasteiger partial charge is 0.194 e. The first-order chi connectivity index (χ1) is 9.18. The van der Waals surface area contributed by atoms with E-state index in [0.29, 0.717) is 0 Å². The van der Waals surface area contributed by atoms with E-state index >= 15 is 0 Å². The summed E-state index contributed by atoms with van der Waals surface area (Å²) in [4.78, 5) is 0. The third-order valence-corrected chi connectivity index (χ3v) is 7.27. The van der Waals surface area contributed by atoms with E-state index in [-0.39, 0.29) is 51.4 Å². The fourth-order valence-corrected chi connectivity index (χ4v) is 6.19. The molecule has 0 aliphatic heterocycles. The maximum atomic E-state index is 2.56. The van der Waals surface area contributed by atoms with E-state index in [2.05, 4.69) is 20.8 Å².